The number of likely N-dealkylation sites (tertiary alicyclic amines) is 1. The lowest BCUT2D eigenvalue weighted by atomic mass is 10.0. The van der Waals surface area contributed by atoms with Gasteiger partial charge in [-0.05, 0) is 37.9 Å². The molecule has 1 aliphatic heterocycles. The van der Waals surface area contributed by atoms with Crippen molar-refractivity contribution >= 4 is 35.7 Å². The predicted molar refractivity (Wildman–Crippen MR) is 108 cm³/mol. The zero-order valence-corrected chi connectivity index (χ0v) is 16.9. The Hall–Kier alpha value is -2.23. The second-order valence-electron chi connectivity index (χ2n) is 6.77. The number of non-ortho nitro benzene ring substituents is 1. The van der Waals surface area contributed by atoms with E-state index in [1.54, 1.807) is 13.0 Å². The molecule has 1 heterocycles. The van der Waals surface area contributed by atoms with Gasteiger partial charge in [0.05, 0.1) is 18.0 Å². The van der Waals surface area contributed by atoms with Crippen molar-refractivity contribution in [1.29, 1.82) is 0 Å². The molecule has 0 spiro atoms. The van der Waals surface area contributed by atoms with Gasteiger partial charge in [-0.1, -0.05) is 6.92 Å². The van der Waals surface area contributed by atoms with E-state index in [4.69, 9.17) is 5.11 Å². The summed E-state index contributed by atoms with van der Waals surface area (Å²) < 4.78 is 0. The van der Waals surface area contributed by atoms with E-state index >= 15 is 0 Å². The van der Waals surface area contributed by atoms with Crippen LogP contribution in [-0.2, 0) is 9.59 Å². The van der Waals surface area contributed by atoms with Crippen LogP contribution in [0.15, 0.2) is 18.2 Å². The highest BCUT2D eigenvalue weighted by molar-refractivity contribution is 5.93. The van der Waals surface area contributed by atoms with Gasteiger partial charge >= 0.3 is 5.97 Å². The summed E-state index contributed by atoms with van der Waals surface area (Å²) in [6.45, 7) is 6.11. The average Bonchev–Trinajstić information content (AvgIpc) is 2.61. The largest absolute Gasteiger partial charge is 0.480 e. The Kier molecular flexibility index (Phi) is 9.30. The lowest BCUT2D eigenvalue weighted by molar-refractivity contribution is -0.384. The summed E-state index contributed by atoms with van der Waals surface area (Å²) in [6, 6.07) is 4.57. The highest BCUT2D eigenvalue weighted by atomic mass is 35.5. The number of aryl methyl sites for hydroxylation is 1. The fourth-order valence-corrected chi connectivity index (χ4v) is 3.41. The molecule has 0 unspecified atom stereocenters. The summed E-state index contributed by atoms with van der Waals surface area (Å²) in [5.74, 6) is -0.986. The van der Waals surface area contributed by atoms with Crippen molar-refractivity contribution in [2.75, 3.05) is 38.0 Å². The van der Waals surface area contributed by atoms with Gasteiger partial charge in [-0.15, -0.1) is 12.4 Å². The minimum Gasteiger partial charge on any atom is -0.480 e. The number of aliphatic carboxylic acids is 1. The molecule has 0 radical (unpaired) electrons. The molecule has 156 valence electrons. The Morgan fingerprint density at radius 1 is 1.36 bits per heavy atom. The fourth-order valence-electron chi connectivity index (χ4n) is 3.41. The van der Waals surface area contributed by atoms with Crippen molar-refractivity contribution in [1.82, 2.24) is 9.80 Å². The minimum atomic E-state index is -0.822. The molecular weight excluding hydrogens is 388 g/mol. The van der Waals surface area contributed by atoms with Crippen LogP contribution in [0.2, 0.25) is 0 Å². The first-order valence-corrected chi connectivity index (χ1v) is 9.03. The number of hydrogen-bond acceptors (Lipinski definition) is 6. The molecule has 1 saturated heterocycles. The number of carbonyl (C=O) groups is 2. The molecule has 0 aromatic heterocycles. The van der Waals surface area contributed by atoms with Gasteiger partial charge in [0.15, 0.2) is 0 Å². The van der Waals surface area contributed by atoms with Gasteiger partial charge in [0, 0.05) is 37.0 Å². The number of nitro groups is 1. The van der Waals surface area contributed by atoms with Crippen LogP contribution >= 0.6 is 12.4 Å². The van der Waals surface area contributed by atoms with Gasteiger partial charge in [-0.2, -0.15) is 0 Å². The molecule has 1 amide bonds. The Bertz CT molecular complexity index is 707. The maximum Gasteiger partial charge on any atom is 0.317 e. The quantitative estimate of drug-likeness (QED) is 0.494. The second-order valence-corrected chi connectivity index (χ2v) is 6.77. The second kappa shape index (κ2) is 10.9. The first kappa shape index (κ1) is 23.8. The molecule has 1 aromatic rings. The number of rotatable bonds is 8. The minimum absolute atomic E-state index is 0. The van der Waals surface area contributed by atoms with E-state index < -0.39 is 10.9 Å². The van der Waals surface area contributed by atoms with Crippen molar-refractivity contribution in [2.45, 2.75) is 32.7 Å². The number of nitrogens with zero attached hydrogens (tertiary/aromatic N) is 3. The summed E-state index contributed by atoms with van der Waals surface area (Å²) in [7, 11) is 0. The van der Waals surface area contributed by atoms with Gasteiger partial charge in [-0.3, -0.25) is 29.5 Å². The van der Waals surface area contributed by atoms with Crippen LogP contribution in [0, 0.1) is 17.0 Å². The number of nitrogens with one attached hydrogen (secondary N) is 1. The van der Waals surface area contributed by atoms with Crippen molar-refractivity contribution in [2.24, 2.45) is 0 Å². The first-order chi connectivity index (χ1) is 12.8. The third-order valence-corrected chi connectivity index (χ3v) is 4.88. The predicted octanol–water partition coefficient (Wildman–Crippen LogP) is 2.13. The molecule has 0 aliphatic carbocycles. The third-order valence-electron chi connectivity index (χ3n) is 4.88. The SMILES string of the molecule is CCN(CC(=O)O)C1CCN(CC(=O)Nc2ccc([N+](=O)[O-])cc2C)CC1.Cl. The van der Waals surface area contributed by atoms with Gasteiger partial charge in [0.25, 0.3) is 5.69 Å². The number of carbonyl (C=O) groups excluding carboxylic acids is 1. The molecular formula is C18H27ClN4O5. The summed E-state index contributed by atoms with van der Waals surface area (Å²) in [4.78, 5) is 37.5. The lowest BCUT2D eigenvalue weighted by Gasteiger charge is -2.37. The number of hydrogen-bond donors (Lipinski definition) is 2. The van der Waals surface area contributed by atoms with Crippen LogP contribution in [0.4, 0.5) is 11.4 Å². The summed E-state index contributed by atoms with van der Waals surface area (Å²) in [6.07, 6.45) is 1.65. The maximum atomic E-state index is 12.3. The first-order valence-electron chi connectivity index (χ1n) is 9.03. The monoisotopic (exact) mass is 414 g/mol. The van der Waals surface area contributed by atoms with Crippen molar-refractivity contribution in [3.8, 4) is 0 Å². The fraction of sp³-hybridized carbons (Fsp3) is 0.556. The highest BCUT2D eigenvalue weighted by Gasteiger charge is 2.26. The zero-order valence-electron chi connectivity index (χ0n) is 16.1. The van der Waals surface area contributed by atoms with Crippen LogP contribution in [0.1, 0.15) is 25.3 Å². The molecule has 2 N–H and O–H groups in total. The van der Waals surface area contributed by atoms with E-state index in [1.165, 1.54) is 12.1 Å². The number of carboxylic acid groups (broad SMARTS) is 1. The van der Waals surface area contributed by atoms with Crippen LogP contribution in [0.25, 0.3) is 0 Å². The van der Waals surface area contributed by atoms with Crippen LogP contribution in [0.3, 0.4) is 0 Å². The Labute approximate surface area is 170 Å². The number of nitro benzene ring substituents is 1. The smallest absolute Gasteiger partial charge is 0.317 e. The lowest BCUT2D eigenvalue weighted by Crippen LogP contribution is -2.48. The standard InChI is InChI=1S/C18H26N4O5.ClH/c1-3-21(12-18(24)25)14-6-8-20(9-7-14)11-17(23)19-16-5-4-15(22(26)27)10-13(16)2;/h4-5,10,14H,3,6-9,11-12H2,1-2H3,(H,19,23)(H,24,25);1H. The molecule has 1 aromatic carbocycles. The molecule has 0 atom stereocenters. The molecule has 2 rings (SSSR count). The van der Waals surface area contributed by atoms with Gasteiger partial charge in [-0.25, -0.2) is 0 Å². The normalized spacial score (nSPS) is 15.1. The van der Waals surface area contributed by atoms with E-state index in [0.29, 0.717) is 17.8 Å². The van der Waals surface area contributed by atoms with Crippen molar-refractivity contribution < 1.29 is 19.6 Å². The maximum absolute atomic E-state index is 12.3. The molecule has 28 heavy (non-hydrogen) atoms. The summed E-state index contributed by atoms with van der Waals surface area (Å²) in [5, 5.41) is 22.6. The van der Waals surface area contributed by atoms with E-state index in [1.807, 2.05) is 16.7 Å². The molecule has 1 fully saturated rings. The summed E-state index contributed by atoms with van der Waals surface area (Å²) in [5.41, 5.74) is 1.21. The van der Waals surface area contributed by atoms with Crippen molar-refractivity contribution in [3.63, 3.8) is 0 Å². The Morgan fingerprint density at radius 2 is 2.00 bits per heavy atom. The average molecular weight is 415 g/mol. The Morgan fingerprint density at radius 3 is 2.50 bits per heavy atom. The number of likely N-dealkylation sites (N-methyl/N-ethyl adjacent to an activating group) is 1. The van der Waals surface area contributed by atoms with E-state index in [0.717, 1.165) is 25.9 Å². The molecule has 0 saturated carbocycles. The topological polar surface area (TPSA) is 116 Å². The third kappa shape index (κ3) is 6.74. The van der Waals surface area contributed by atoms with Gasteiger partial charge < -0.3 is 10.4 Å². The highest BCUT2D eigenvalue weighted by Crippen LogP contribution is 2.21. The van der Waals surface area contributed by atoms with E-state index in [9.17, 15) is 19.7 Å². The summed E-state index contributed by atoms with van der Waals surface area (Å²) >= 11 is 0. The number of carboxylic acids is 1. The van der Waals surface area contributed by atoms with Crippen LogP contribution in [-0.4, -0.2) is 70.5 Å². The zero-order chi connectivity index (χ0) is 20.0. The van der Waals surface area contributed by atoms with E-state index in [-0.39, 0.29) is 43.1 Å². The number of piperidine rings is 1. The molecule has 10 heteroatoms. The van der Waals surface area contributed by atoms with Crippen LogP contribution in [0.5, 0.6) is 0 Å². The Balaban J connectivity index is 0.00000392. The number of amides is 1. The van der Waals surface area contributed by atoms with E-state index in [2.05, 4.69) is 5.32 Å². The molecule has 0 bridgehead atoms. The van der Waals surface area contributed by atoms with Crippen LogP contribution < -0.4 is 5.32 Å². The number of halogens is 1. The van der Waals surface area contributed by atoms with Gasteiger partial charge in [0.1, 0.15) is 0 Å². The van der Waals surface area contributed by atoms with Gasteiger partial charge in [0.2, 0.25) is 5.91 Å². The number of anilines is 1. The molecule has 1 aliphatic rings. The molecule has 9 nitrogen and oxygen atoms in total. The number of benzene rings is 1. The van der Waals surface area contributed by atoms with Crippen molar-refractivity contribution in [3.05, 3.63) is 33.9 Å².